The summed E-state index contributed by atoms with van der Waals surface area (Å²) in [5.74, 6) is 6.75. The molecule has 2 aliphatic rings. The number of thioether (sulfide) groups is 1. The summed E-state index contributed by atoms with van der Waals surface area (Å²) in [6.07, 6.45) is 8.96. The first-order chi connectivity index (χ1) is 15.2. The van der Waals surface area contributed by atoms with E-state index in [1.165, 1.54) is 36.7 Å². The molecule has 0 radical (unpaired) electrons. The second kappa shape index (κ2) is 8.58. The minimum Gasteiger partial charge on any atom is -0.455 e. The molecule has 2 aromatic heterocycles. The lowest BCUT2D eigenvalue weighted by molar-refractivity contribution is -0.115. The summed E-state index contributed by atoms with van der Waals surface area (Å²) in [7, 11) is 0. The van der Waals surface area contributed by atoms with Gasteiger partial charge in [-0.05, 0) is 49.6 Å². The van der Waals surface area contributed by atoms with E-state index >= 15 is 0 Å². The summed E-state index contributed by atoms with van der Waals surface area (Å²) in [6, 6.07) is 10.2. The highest BCUT2D eigenvalue weighted by molar-refractivity contribution is 8.26. The summed E-state index contributed by atoms with van der Waals surface area (Å²) in [4.78, 5) is 19.1. The third-order valence-electron chi connectivity index (χ3n) is 5.29. The van der Waals surface area contributed by atoms with Crippen molar-refractivity contribution in [2.45, 2.75) is 19.3 Å². The van der Waals surface area contributed by atoms with Crippen molar-refractivity contribution in [1.82, 2.24) is 10.3 Å². The van der Waals surface area contributed by atoms with Crippen LogP contribution < -0.4 is 10.2 Å². The Balaban J connectivity index is 1.39. The van der Waals surface area contributed by atoms with E-state index in [4.69, 9.17) is 16.6 Å². The normalized spacial score (nSPS) is 17.7. The molecule has 2 saturated heterocycles. The van der Waals surface area contributed by atoms with Crippen LogP contribution in [0.5, 0.6) is 0 Å². The number of aromatic nitrogens is 1. The Morgan fingerprint density at radius 3 is 2.68 bits per heavy atom. The molecule has 1 N–H and O–H groups in total. The van der Waals surface area contributed by atoms with Crippen molar-refractivity contribution in [2.75, 3.05) is 18.0 Å². The van der Waals surface area contributed by atoms with Gasteiger partial charge in [-0.1, -0.05) is 35.8 Å². The zero-order valence-corrected chi connectivity index (χ0v) is 18.3. The molecule has 4 heterocycles. The minimum absolute atomic E-state index is 0.207. The standard InChI is InChI=1S/C24H19N3O2S2/c28-23-21(31-24(30)26-23)13-20-12-18-15-25-14-17(22(18)29-20)7-4-16-5-8-19(9-6-16)27-10-2-1-3-11-27/h5-6,8-9,12-15H,1-3,10-11H2,(H,26,28,30). The van der Waals surface area contributed by atoms with Gasteiger partial charge in [-0.15, -0.1) is 0 Å². The Morgan fingerprint density at radius 2 is 1.94 bits per heavy atom. The van der Waals surface area contributed by atoms with E-state index in [-0.39, 0.29) is 5.91 Å². The molecule has 0 unspecified atom stereocenters. The van der Waals surface area contributed by atoms with E-state index in [0.717, 1.165) is 24.0 Å². The van der Waals surface area contributed by atoms with Crippen molar-refractivity contribution in [1.29, 1.82) is 0 Å². The monoisotopic (exact) mass is 445 g/mol. The van der Waals surface area contributed by atoms with E-state index < -0.39 is 0 Å². The molecule has 1 aromatic carbocycles. The Hall–Kier alpha value is -3.08. The van der Waals surface area contributed by atoms with Gasteiger partial charge in [0, 0.05) is 48.2 Å². The van der Waals surface area contributed by atoms with E-state index in [0.29, 0.717) is 26.1 Å². The van der Waals surface area contributed by atoms with Crippen LogP contribution >= 0.6 is 24.0 Å². The van der Waals surface area contributed by atoms with Crippen LogP contribution in [0.4, 0.5) is 5.69 Å². The number of piperidine rings is 1. The van der Waals surface area contributed by atoms with Gasteiger partial charge in [0.2, 0.25) is 0 Å². The van der Waals surface area contributed by atoms with Crippen LogP contribution in [0.15, 0.2) is 52.0 Å². The number of furan rings is 1. The first kappa shape index (κ1) is 19.9. The molecule has 5 nitrogen and oxygen atoms in total. The predicted octanol–water partition coefficient (Wildman–Crippen LogP) is 4.71. The molecular weight excluding hydrogens is 426 g/mol. The molecule has 3 aromatic rings. The number of pyridine rings is 1. The maximum absolute atomic E-state index is 11.9. The number of nitrogens with one attached hydrogen (secondary N) is 1. The summed E-state index contributed by atoms with van der Waals surface area (Å²) >= 11 is 6.26. The fourth-order valence-corrected chi connectivity index (χ4v) is 4.76. The smallest absolute Gasteiger partial charge is 0.263 e. The van der Waals surface area contributed by atoms with E-state index in [9.17, 15) is 4.79 Å². The van der Waals surface area contributed by atoms with Gasteiger partial charge >= 0.3 is 0 Å². The summed E-state index contributed by atoms with van der Waals surface area (Å²) < 4.78 is 6.42. The lowest BCUT2D eigenvalue weighted by Gasteiger charge is -2.28. The van der Waals surface area contributed by atoms with E-state index in [1.54, 1.807) is 18.5 Å². The molecule has 7 heteroatoms. The van der Waals surface area contributed by atoms with Gasteiger partial charge in [-0.2, -0.15) is 0 Å². The van der Waals surface area contributed by atoms with Crippen molar-refractivity contribution in [3.63, 3.8) is 0 Å². The molecule has 1 amide bonds. The molecule has 31 heavy (non-hydrogen) atoms. The SMILES string of the molecule is O=C1NC(=S)SC1=Cc1cc2cncc(C#Cc3ccc(N4CCCCC4)cc3)c2o1. The van der Waals surface area contributed by atoms with E-state index in [2.05, 4.69) is 51.3 Å². The molecule has 2 aliphatic heterocycles. The van der Waals surface area contributed by atoms with Crippen LogP contribution in [0.2, 0.25) is 0 Å². The first-order valence-corrected chi connectivity index (χ1v) is 11.4. The van der Waals surface area contributed by atoms with Crippen molar-refractivity contribution >= 4 is 56.9 Å². The number of hydrogen-bond acceptors (Lipinski definition) is 6. The Bertz CT molecular complexity index is 1260. The topological polar surface area (TPSA) is 58.4 Å². The molecule has 154 valence electrons. The third-order valence-corrected chi connectivity index (χ3v) is 6.45. The lowest BCUT2D eigenvalue weighted by Crippen LogP contribution is -2.29. The predicted molar refractivity (Wildman–Crippen MR) is 129 cm³/mol. The number of nitrogens with zero attached hydrogens (tertiary/aromatic N) is 2. The van der Waals surface area contributed by atoms with Gasteiger partial charge in [0.1, 0.15) is 10.1 Å². The molecule has 5 rings (SSSR count). The quantitative estimate of drug-likeness (QED) is 0.350. The van der Waals surface area contributed by atoms with Crippen molar-refractivity contribution < 1.29 is 9.21 Å². The number of carbonyl (C=O) groups is 1. The van der Waals surface area contributed by atoms with Crippen LogP contribution in [-0.2, 0) is 4.79 Å². The molecule has 0 bridgehead atoms. The van der Waals surface area contributed by atoms with Gasteiger partial charge < -0.3 is 14.6 Å². The number of benzene rings is 1. The number of thiocarbonyl (C=S) groups is 1. The Kier molecular flexibility index (Phi) is 5.49. The number of rotatable bonds is 2. The van der Waals surface area contributed by atoms with Gasteiger partial charge in [-0.25, -0.2) is 0 Å². The maximum Gasteiger partial charge on any atom is 0.263 e. The average Bonchev–Trinajstić information content (AvgIpc) is 3.35. The van der Waals surface area contributed by atoms with Crippen LogP contribution in [0.1, 0.15) is 36.1 Å². The van der Waals surface area contributed by atoms with Crippen LogP contribution in [0, 0.1) is 11.8 Å². The molecule has 0 atom stereocenters. The minimum atomic E-state index is -0.207. The third kappa shape index (κ3) is 4.36. The number of anilines is 1. The van der Waals surface area contributed by atoms with Gasteiger partial charge in [0.15, 0.2) is 5.58 Å². The fourth-order valence-electron chi connectivity index (χ4n) is 3.74. The number of amides is 1. The fraction of sp³-hybridized carbons (Fsp3) is 0.208. The zero-order chi connectivity index (χ0) is 21.2. The number of fused-ring (bicyclic) bond motifs is 1. The average molecular weight is 446 g/mol. The highest BCUT2D eigenvalue weighted by Crippen LogP contribution is 2.29. The summed E-state index contributed by atoms with van der Waals surface area (Å²) in [6.45, 7) is 2.25. The number of carbonyl (C=O) groups excluding carboxylic acids is 1. The molecule has 0 aliphatic carbocycles. The lowest BCUT2D eigenvalue weighted by atomic mass is 10.1. The second-order valence-electron chi connectivity index (χ2n) is 7.45. The van der Waals surface area contributed by atoms with Crippen molar-refractivity contribution in [2.24, 2.45) is 0 Å². The van der Waals surface area contributed by atoms with Crippen LogP contribution in [-0.4, -0.2) is 28.3 Å². The Morgan fingerprint density at radius 1 is 1.13 bits per heavy atom. The Labute approximate surface area is 189 Å². The van der Waals surface area contributed by atoms with Gasteiger partial charge in [-0.3, -0.25) is 9.78 Å². The highest BCUT2D eigenvalue weighted by atomic mass is 32.2. The zero-order valence-electron chi connectivity index (χ0n) is 16.7. The van der Waals surface area contributed by atoms with Gasteiger partial charge in [0.05, 0.1) is 10.5 Å². The van der Waals surface area contributed by atoms with Crippen LogP contribution in [0.3, 0.4) is 0 Å². The maximum atomic E-state index is 11.9. The van der Waals surface area contributed by atoms with E-state index in [1.807, 2.05) is 6.07 Å². The molecule has 2 fully saturated rings. The summed E-state index contributed by atoms with van der Waals surface area (Å²) in [5.41, 5.74) is 3.57. The van der Waals surface area contributed by atoms with Crippen molar-refractivity contribution in [3.8, 4) is 11.8 Å². The first-order valence-electron chi connectivity index (χ1n) is 10.2. The molecular formula is C24H19N3O2S2. The largest absolute Gasteiger partial charge is 0.455 e. The highest BCUT2D eigenvalue weighted by Gasteiger charge is 2.22. The van der Waals surface area contributed by atoms with Gasteiger partial charge in [0.25, 0.3) is 5.91 Å². The summed E-state index contributed by atoms with van der Waals surface area (Å²) in [5, 5.41) is 3.44. The molecule has 0 spiro atoms. The molecule has 0 saturated carbocycles. The number of hydrogen-bond donors (Lipinski definition) is 1. The van der Waals surface area contributed by atoms with Crippen LogP contribution in [0.25, 0.3) is 17.0 Å². The van der Waals surface area contributed by atoms with Crippen molar-refractivity contribution in [3.05, 3.63) is 64.5 Å². The second-order valence-corrected chi connectivity index (χ2v) is 9.17.